The van der Waals surface area contributed by atoms with Crippen molar-refractivity contribution < 1.29 is 0 Å². The molecule has 0 saturated heterocycles. The zero-order chi connectivity index (χ0) is 9.68. The Balaban J connectivity index is 2.13. The molecule has 0 aromatic carbocycles. The number of rotatable bonds is 5. The van der Waals surface area contributed by atoms with Crippen LogP contribution in [0.5, 0.6) is 0 Å². The lowest BCUT2D eigenvalue weighted by atomic mass is 10.2. The van der Waals surface area contributed by atoms with Gasteiger partial charge >= 0.3 is 0 Å². The van der Waals surface area contributed by atoms with Gasteiger partial charge in [-0.25, -0.2) is 0 Å². The fraction of sp³-hybridized carbons (Fsp3) is 0.750. The van der Waals surface area contributed by atoms with Crippen LogP contribution in [-0.2, 0) is 0 Å². The molecule has 1 unspecified atom stereocenters. The molecule has 4 nitrogen and oxygen atoms in total. The smallest absolute Gasteiger partial charge is 0.205 e. The van der Waals surface area contributed by atoms with Gasteiger partial charge in [0, 0.05) is 12.6 Å². The summed E-state index contributed by atoms with van der Waals surface area (Å²) in [6.07, 6.45) is 2.13. The SMILES string of the molecule is Cc1nnc(NCCCC(C)N)s1. The lowest BCUT2D eigenvalue weighted by molar-refractivity contribution is 0.639. The first-order valence-electron chi connectivity index (χ1n) is 4.48. The van der Waals surface area contributed by atoms with E-state index in [0.29, 0.717) is 0 Å². The highest BCUT2D eigenvalue weighted by Crippen LogP contribution is 2.13. The quantitative estimate of drug-likeness (QED) is 0.705. The lowest BCUT2D eigenvalue weighted by Gasteiger charge is -2.04. The number of aromatic nitrogens is 2. The van der Waals surface area contributed by atoms with Crippen molar-refractivity contribution >= 4 is 16.5 Å². The molecule has 0 radical (unpaired) electrons. The van der Waals surface area contributed by atoms with Gasteiger partial charge in [-0.3, -0.25) is 0 Å². The van der Waals surface area contributed by atoms with E-state index in [-0.39, 0.29) is 6.04 Å². The van der Waals surface area contributed by atoms with Gasteiger partial charge in [-0.2, -0.15) is 0 Å². The standard InChI is InChI=1S/C8H16N4S/c1-6(9)4-3-5-10-8-12-11-7(2)13-8/h6H,3-5,9H2,1-2H3,(H,10,12). The van der Waals surface area contributed by atoms with Crippen LogP contribution in [0.1, 0.15) is 24.8 Å². The number of hydrogen-bond acceptors (Lipinski definition) is 5. The number of aryl methyl sites for hydroxylation is 1. The van der Waals surface area contributed by atoms with E-state index in [9.17, 15) is 0 Å². The molecule has 1 heterocycles. The van der Waals surface area contributed by atoms with Crippen molar-refractivity contribution in [1.82, 2.24) is 10.2 Å². The van der Waals surface area contributed by atoms with Crippen LogP contribution in [0.4, 0.5) is 5.13 Å². The molecule has 1 aromatic heterocycles. The average molecular weight is 200 g/mol. The van der Waals surface area contributed by atoms with Crippen molar-refractivity contribution in [2.75, 3.05) is 11.9 Å². The minimum atomic E-state index is 0.290. The summed E-state index contributed by atoms with van der Waals surface area (Å²) >= 11 is 1.58. The molecule has 0 spiro atoms. The molecule has 0 aliphatic carbocycles. The summed E-state index contributed by atoms with van der Waals surface area (Å²) < 4.78 is 0. The van der Waals surface area contributed by atoms with Crippen molar-refractivity contribution in [2.45, 2.75) is 32.7 Å². The first kappa shape index (κ1) is 10.4. The van der Waals surface area contributed by atoms with Crippen LogP contribution in [0.3, 0.4) is 0 Å². The molecule has 3 N–H and O–H groups in total. The van der Waals surface area contributed by atoms with Crippen molar-refractivity contribution in [3.63, 3.8) is 0 Å². The number of nitrogens with zero attached hydrogens (tertiary/aromatic N) is 2. The van der Waals surface area contributed by atoms with E-state index in [1.54, 1.807) is 11.3 Å². The van der Waals surface area contributed by atoms with Crippen LogP contribution < -0.4 is 11.1 Å². The monoisotopic (exact) mass is 200 g/mol. The Morgan fingerprint density at radius 1 is 1.54 bits per heavy atom. The summed E-state index contributed by atoms with van der Waals surface area (Å²) in [4.78, 5) is 0. The van der Waals surface area contributed by atoms with E-state index in [2.05, 4.69) is 15.5 Å². The van der Waals surface area contributed by atoms with Gasteiger partial charge in [-0.1, -0.05) is 11.3 Å². The van der Waals surface area contributed by atoms with E-state index < -0.39 is 0 Å². The maximum Gasteiger partial charge on any atom is 0.205 e. The van der Waals surface area contributed by atoms with Crippen molar-refractivity contribution in [1.29, 1.82) is 0 Å². The highest BCUT2D eigenvalue weighted by molar-refractivity contribution is 7.15. The van der Waals surface area contributed by atoms with E-state index >= 15 is 0 Å². The fourth-order valence-electron chi connectivity index (χ4n) is 0.987. The third-order valence-electron chi connectivity index (χ3n) is 1.64. The Labute approximate surface area is 82.6 Å². The molecule has 0 aliphatic heterocycles. The average Bonchev–Trinajstić information content (AvgIpc) is 2.45. The summed E-state index contributed by atoms with van der Waals surface area (Å²) in [5.41, 5.74) is 5.62. The molecule has 5 heteroatoms. The number of hydrogen-bond donors (Lipinski definition) is 2. The maximum atomic E-state index is 5.62. The lowest BCUT2D eigenvalue weighted by Crippen LogP contribution is -2.16. The maximum absolute atomic E-state index is 5.62. The van der Waals surface area contributed by atoms with E-state index in [4.69, 9.17) is 5.73 Å². The molecule has 13 heavy (non-hydrogen) atoms. The third-order valence-corrected chi connectivity index (χ3v) is 2.43. The second-order valence-corrected chi connectivity index (χ2v) is 4.35. The van der Waals surface area contributed by atoms with Gasteiger partial charge in [0.05, 0.1) is 0 Å². The van der Waals surface area contributed by atoms with Crippen LogP contribution in [0, 0.1) is 6.92 Å². The predicted molar refractivity (Wildman–Crippen MR) is 56.0 cm³/mol. The minimum absolute atomic E-state index is 0.290. The molecule has 1 atom stereocenters. The summed E-state index contributed by atoms with van der Waals surface area (Å²) in [6.45, 7) is 4.90. The Hall–Kier alpha value is -0.680. The van der Waals surface area contributed by atoms with E-state index in [1.807, 2.05) is 13.8 Å². The van der Waals surface area contributed by atoms with Crippen LogP contribution in [0.2, 0.25) is 0 Å². The van der Waals surface area contributed by atoms with Crippen LogP contribution in [-0.4, -0.2) is 22.8 Å². The zero-order valence-corrected chi connectivity index (χ0v) is 8.90. The van der Waals surface area contributed by atoms with Gasteiger partial charge in [0.25, 0.3) is 0 Å². The zero-order valence-electron chi connectivity index (χ0n) is 8.08. The van der Waals surface area contributed by atoms with Gasteiger partial charge in [0.1, 0.15) is 5.01 Å². The normalized spacial score (nSPS) is 12.8. The molecule has 0 saturated carbocycles. The summed E-state index contributed by atoms with van der Waals surface area (Å²) in [7, 11) is 0. The molecule has 74 valence electrons. The molecule has 0 bridgehead atoms. The van der Waals surface area contributed by atoms with Crippen molar-refractivity contribution in [3.05, 3.63) is 5.01 Å². The second kappa shape index (κ2) is 5.14. The minimum Gasteiger partial charge on any atom is -0.360 e. The van der Waals surface area contributed by atoms with Gasteiger partial charge < -0.3 is 11.1 Å². The molecule has 0 amide bonds. The third kappa shape index (κ3) is 4.19. The first-order chi connectivity index (χ1) is 6.18. The van der Waals surface area contributed by atoms with E-state index in [0.717, 1.165) is 29.5 Å². The Bertz CT molecular complexity index is 246. The van der Waals surface area contributed by atoms with Crippen molar-refractivity contribution in [2.24, 2.45) is 5.73 Å². The topological polar surface area (TPSA) is 63.8 Å². The van der Waals surface area contributed by atoms with Gasteiger partial charge in [-0.15, -0.1) is 10.2 Å². The molecular weight excluding hydrogens is 184 g/mol. The number of anilines is 1. The largest absolute Gasteiger partial charge is 0.360 e. The molecule has 1 aromatic rings. The van der Waals surface area contributed by atoms with E-state index in [1.165, 1.54) is 0 Å². The number of nitrogens with two attached hydrogens (primary N) is 1. The number of nitrogens with one attached hydrogen (secondary N) is 1. The predicted octanol–water partition coefficient (Wildman–Crippen LogP) is 1.39. The second-order valence-electron chi connectivity index (χ2n) is 3.17. The Morgan fingerprint density at radius 2 is 2.31 bits per heavy atom. The van der Waals surface area contributed by atoms with Crippen LogP contribution in [0.15, 0.2) is 0 Å². The van der Waals surface area contributed by atoms with Crippen LogP contribution in [0.25, 0.3) is 0 Å². The molecule has 1 rings (SSSR count). The first-order valence-corrected chi connectivity index (χ1v) is 5.29. The Morgan fingerprint density at radius 3 is 2.85 bits per heavy atom. The highest BCUT2D eigenvalue weighted by atomic mass is 32.1. The molecule has 0 aliphatic rings. The summed E-state index contributed by atoms with van der Waals surface area (Å²) in [5, 5.41) is 13.0. The molecule has 0 fully saturated rings. The summed E-state index contributed by atoms with van der Waals surface area (Å²) in [5.74, 6) is 0. The Kier molecular flexibility index (Phi) is 4.11. The highest BCUT2D eigenvalue weighted by Gasteiger charge is 1.98. The molecular formula is C8H16N4S. The fourth-order valence-corrected chi connectivity index (χ4v) is 1.60. The van der Waals surface area contributed by atoms with Gasteiger partial charge in [-0.05, 0) is 26.7 Å². The van der Waals surface area contributed by atoms with Gasteiger partial charge in [0.2, 0.25) is 5.13 Å². The van der Waals surface area contributed by atoms with Crippen molar-refractivity contribution in [3.8, 4) is 0 Å². The van der Waals surface area contributed by atoms with Crippen LogP contribution >= 0.6 is 11.3 Å². The summed E-state index contributed by atoms with van der Waals surface area (Å²) in [6, 6.07) is 0.290. The van der Waals surface area contributed by atoms with Gasteiger partial charge in [0.15, 0.2) is 0 Å².